The van der Waals surface area contributed by atoms with Gasteiger partial charge in [-0.05, 0) is 31.4 Å². The van der Waals surface area contributed by atoms with Gasteiger partial charge >= 0.3 is 12.1 Å². The summed E-state index contributed by atoms with van der Waals surface area (Å²) in [5.41, 5.74) is -0.479. The van der Waals surface area contributed by atoms with Gasteiger partial charge in [-0.1, -0.05) is 12.1 Å². The molecule has 1 amide bonds. The van der Waals surface area contributed by atoms with Gasteiger partial charge in [-0.3, -0.25) is 4.79 Å². The number of aliphatic carboxylic acids is 1. The van der Waals surface area contributed by atoms with Crippen molar-refractivity contribution in [2.24, 2.45) is 0 Å². The predicted octanol–water partition coefficient (Wildman–Crippen LogP) is 3.91. The molecule has 2 heterocycles. The van der Waals surface area contributed by atoms with Crippen LogP contribution in [0.3, 0.4) is 0 Å². The van der Waals surface area contributed by atoms with E-state index in [0.29, 0.717) is 19.4 Å². The molecule has 5 nitrogen and oxygen atoms in total. The van der Waals surface area contributed by atoms with Gasteiger partial charge in [0, 0.05) is 17.5 Å². The first-order valence-electron chi connectivity index (χ1n) is 7.94. The fraction of sp³-hybridized carbons (Fsp3) is 0.353. The minimum absolute atomic E-state index is 0.0514. The fourth-order valence-electron chi connectivity index (χ4n) is 2.91. The van der Waals surface area contributed by atoms with Crippen LogP contribution in [0.2, 0.25) is 0 Å². The maximum absolute atomic E-state index is 12.8. The van der Waals surface area contributed by atoms with E-state index < -0.39 is 29.7 Å². The molecule has 0 bridgehead atoms. The number of nitrogens with zero attached hydrogens (tertiary/aromatic N) is 2. The Kier molecular flexibility index (Phi) is 4.99. The predicted molar refractivity (Wildman–Crippen MR) is 88.9 cm³/mol. The highest BCUT2D eigenvalue weighted by Gasteiger charge is 2.34. The summed E-state index contributed by atoms with van der Waals surface area (Å²) in [6.07, 6.45) is -2.65. The number of likely N-dealkylation sites (tertiary alicyclic amines) is 1. The van der Waals surface area contributed by atoms with Gasteiger partial charge in [0.25, 0.3) is 5.91 Å². The van der Waals surface area contributed by atoms with Crippen LogP contribution in [0.25, 0.3) is 10.6 Å². The average Bonchev–Trinajstić information content (AvgIpc) is 3.10. The van der Waals surface area contributed by atoms with E-state index in [0.717, 1.165) is 29.9 Å². The number of benzene rings is 1. The maximum atomic E-state index is 12.8. The van der Waals surface area contributed by atoms with Crippen LogP contribution in [0.1, 0.15) is 35.3 Å². The summed E-state index contributed by atoms with van der Waals surface area (Å²) >= 11 is 1.05. The number of rotatable bonds is 3. The molecule has 1 aliphatic rings. The summed E-state index contributed by atoms with van der Waals surface area (Å²) in [4.78, 5) is 29.4. The minimum Gasteiger partial charge on any atom is -0.480 e. The molecule has 0 spiro atoms. The van der Waals surface area contributed by atoms with Gasteiger partial charge in [0.05, 0.1) is 5.56 Å². The summed E-state index contributed by atoms with van der Waals surface area (Å²) in [6.45, 7) is 0.326. The van der Waals surface area contributed by atoms with E-state index in [1.807, 2.05) is 0 Å². The number of halogens is 3. The number of aromatic nitrogens is 1. The third-order valence-corrected chi connectivity index (χ3v) is 5.10. The molecule has 0 radical (unpaired) electrons. The number of carboxylic acid groups (broad SMARTS) is 1. The van der Waals surface area contributed by atoms with Gasteiger partial charge in [-0.2, -0.15) is 13.2 Å². The lowest BCUT2D eigenvalue weighted by Crippen LogP contribution is -2.48. The van der Waals surface area contributed by atoms with Crippen LogP contribution >= 0.6 is 11.3 Å². The second-order valence-electron chi connectivity index (χ2n) is 5.96. The molecular formula is C17H15F3N2O3S. The lowest BCUT2D eigenvalue weighted by atomic mass is 10.0. The van der Waals surface area contributed by atoms with Gasteiger partial charge in [0.1, 0.15) is 16.7 Å². The molecule has 1 aromatic heterocycles. The fourth-order valence-corrected chi connectivity index (χ4v) is 3.70. The number of hydrogen-bond donors (Lipinski definition) is 1. The Morgan fingerprint density at radius 3 is 2.73 bits per heavy atom. The summed E-state index contributed by atoms with van der Waals surface area (Å²) < 4.78 is 38.5. The zero-order valence-electron chi connectivity index (χ0n) is 13.5. The zero-order valence-corrected chi connectivity index (χ0v) is 14.3. The Balaban J connectivity index is 1.86. The van der Waals surface area contributed by atoms with Gasteiger partial charge in [-0.25, -0.2) is 9.78 Å². The van der Waals surface area contributed by atoms with Crippen LogP contribution in [0.4, 0.5) is 13.2 Å². The van der Waals surface area contributed by atoms with Crippen molar-refractivity contribution in [2.45, 2.75) is 31.5 Å². The van der Waals surface area contributed by atoms with Crippen molar-refractivity contribution in [1.29, 1.82) is 0 Å². The van der Waals surface area contributed by atoms with E-state index in [2.05, 4.69) is 4.98 Å². The number of thiazole rings is 1. The summed E-state index contributed by atoms with van der Waals surface area (Å²) in [5, 5.41) is 11.0. The van der Waals surface area contributed by atoms with Gasteiger partial charge in [-0.15, -0.1) is 11.3 Å². The SMILES string of the molecule is O=C(O)[C@H]1CCCCN1C(=O)c1csc(-c2cccc(C(F)(F)F)c2)n1. The minimum atomic E-state index is -4.46. The van der Waals surface area contributed by atoms with Crippen molar-refractivity contribution >= 4 is 23.2 Å². The summed E-state index contributed by atoms with van der Waals surface area (Å²) in [5.74, 6) is -1.57. The van der Waals surface area contributed by atoms with Crippen molar-refractivity contribution in [2.75, 3.05) is 6.54 Å². The molecule has 0 unspecified atom stereocenters. The lowest BCUT2D eigenvalue weighted by molar-refractivity contribution is -0.143. The van der Waals surface area contributed by atoms with E-state index in [1.165, 1.54) is 22.4 Å². The standard InChI is InChI=1S/C17H15F3N2O3S/c18-17(19,20)11-5-3-4-10(8-11)14-21-12(9-26-14)15(23)22-7-2-1-6-13(22)16(24)25/h3-5,8-9,13H,1-2,6-7H2,(H,24,25)/t13-/m1/s1. The first-order valence-corrected chi connectivity index (χ1v) is 8.82. The summed E-state index contributed by atoms with van der Waals surface area (Å²) in [6, 6.07) is 3.83. The Bertz CT molecular complexity index is 835. The number of carboxylic acids is 1. The molecule has 0 aliphatic carbocycles. The first kappa shape index (κ1) is 18.4. The molecular weight excluding hydrogens is 369 g/mol. The molecule has 0 saturated carbocycles. The number of carbonyl (C=O) groups excluding carboxylic acids is 1. The Morgan fingerprint density at radius 1 is 1.27 bits per heavy atom. The topological polar surface area (TPSA) is 70.5 Å². The van der Waals surface area contributed by atoms with Crippen molar-refractivity contribution in [3.63, 3.8) is 0 Å². The average molecular weight is 384 g/mol. The van der Waals surface area contributed by atoms with Crippen molar-refractivity contribution in [3.8, 4) is 10.6 Å². The molecule has 1 fully saturated rings. The second-order valence-corrected chi connectivity index (χ2v) is 6.82. The molecule has 1 aromatic carbocycles. The lowest BCUT2D eigenvalue weighted by Gasteiger charge is -2.32. The monoisotopic (exact) mass is 384 g/mol. The number of alkyl halides is 3. The van der Waals surface area contributed by atoms with E-state index >= 15 is 0 Å². The van der Waals surface area contributed by atoms with Gasteiger partial charge in [0.15, 0.2) is 0 Å². The molecule has 2 aromatic rings. The number of carbonyl (C=O) groups is 2. The van der Waals surface area contributed by atoms with Crippen molar-refractivity contribution in [3.05, 3.63) is 40.9 Å². The van der Waals surface area contributed by atoms with E-state index in [1.54, 1.807) is 0 Å². The third kappa shape index (κ3) is 3.72. The maximum Gasteiger partial charge on any atom is 0.416 e. The number of piperidine rings is 1. The quantitative estimate of drug-likeness (QED) is 0.871. The van der Waals surface area contributed by atoms with E-state index in [4.69, 9.17) is 0 Å². The van der Waals surface area contributed by atoms with Gasteiger partial charge < -0.3 is 10.0 Å². The van der Waals surface area contributed by atoms with E-state index in [-0.39, 0.29) is 16.3 Å². The molecule has 138 valence electrons. The van der Waals surface area contributed by atoms with Gasteiger partial charge in [0.2, 0.25) is 0 Å². The molecule has 1 aliphatic heterocycles. The van der Waals surface area contributed by atoms with Crippen LogP contribution in [0.15, 0.2) is 29.6 Å². The highest BCUT2D eigenvalue weighted by molar-refractivity contribution is 7.13. The Morgan fingerprint density at radius 2 is 2.04 bits per heavy atom. The molecule has 9 heteroatoms. The normalized spacial score (nSPS) is 18.0. The largest absolute Gasteiger partial charge is 0.480 e. The number of hydrogen-bond acceptors (Lipinski definition) is 4. The van der Waals surface area contributed by atoms with Crippen molar-refractivity contribution < 1.29 is 27.9 Å². The van der Waals surface area contributed by atoms with Crippen LogP contribution in [-0.4, -0.2) is 39.5 Å². The molecule has 3 rings (SSSR count). The molecule has 1 atom stereocenters. The number of amides is 1. The first-order chi connectivity index (χ1) is 12.3. The van der Waals surface area contributed by atoms with Crippen LogP contribution in [-0.2, 0) is 11.0 Å². The second kappa shape index (κ2) is 7.06. The van der Waals surface area contributed by atoms with Crippen molar-refractivity contribution in [1.82, 2.24) is 9.88 Å². The summed E-state index contributed by atoms with van der Waals surface area (Å²) in [7, 11) is 0. The van der Waals surface area contributed by atoms with Crippen LogP contribution in [0, 0.1) is 0 Å². The zero-order chi connectivity index (χ0) is 18.9. The highest BCUT2D eigenvalue weighted by Crippen LogP contribution is 2.33. The van der Waals surface area contributed by atoms with Crippen LogP contribution in [0.5, 0.6) is 0 Å². The Hall–Kier alpha value is -2.42. The molecule has 1 saturated heterocycles. The Labute approximate surface area is 151 Å². The molecule has 26 heavy (non-hydrogen) atoms. The molecule has 1 N–H and O–H groups in total. The third-order valence-electron chi connectivity index (χ3n) is 4.21. The van der Waals surface area contributed by atoms with Crippen LogP contribution < -0.4 is 0 Å². The highest BCUT2D eigenvalue weighted by atomic mass is 32.1. The van der Waals surface area contributed by atoms with E-state index in [9.17, 15) is 27.9 Å². The smallest absolute Gasteiger partial charge is 0.416 e.